The fourth-order valence-corrected chi connectivity index (χ4v) is 3.44. The van der Waals surface area contributed by atoms with Gasteiger partial charge < -0.3 is 10.2 Å². The highest BCUT2D eigenvalue weighted by Gasteiger charge is 2.33. The number of nitrogens with one attached hydrogen (secondary N) is 1. The molecule has 0 radical (unpaired) electrons. The van der Waals surface area contributed by atoms with Crippen molar-refractivity contribution in [2.75, 3.05) is 32.7 Å². The lowest BCUT2D eigenvalue weighted by Gasteiger charge is -2.29. The van der Waals surface area contributed by atoms with Crippen LogP contribution < -0.4 is 5.32 Å². The lowest BCUT2D eigenvalue weighted by molar-refractivity contribution is 0.207. The molecule has 2 aliphatic heterocycles. The van der Waals surface area contributed by atoms with Crippen LogP contribution >= 0.6 is 0 Å². The number of rotatable bonds is 3. The van der Waals surface area contributed by atoms with Gasteiger partial charge in [0, 0.05) is 38.8 Å². The summed E-state index contributed by atoms with van der Waals surface area (Å²) in [5.74, 6) is 0.691. The van der Waals surface area contributed by atoms with Crippen LogP contribution in [0.25, 0.3) is 0 Å². The third-order valence-electron chi connectivity index (χ3n) is 4.53. The van der Waals surface area contributed by atoms with Crippen LogP contribution in [0.3, 0.4) is 0 Å². The summed E-state index contributed by atoms with van der Waals surface area (Å²) in [5, 5.41) is 7.78. The molecular formula is C14H24N4. The maximum Gasteiger partial charge on any atom is 0.0524 e. The summed E-state index contributed by atoms with van der Waals surface area (Å²) in [6.45, 7) is 8.50. The fraction of sp³-hybridized carbons (Fsp3) is 0.786. The first kappa shape index (κ1) is 12.2. The average molecular weight is 248 g/mol. The quantitative estimate of drug-likeness (QED) is 0.873. The zero-order valence-corrected chi connectivity index (χ0v) is 11.5. The van der Waals surface area contributed by atoms with Gasteiger partial charge in [-0.1, -0.05) is 6.92 Å². The smallest absolute Gasteiger partial charge is 0.0524 e. The lowest BCUT2D eigenvalue weighted by Crippen LogP contribution is -2.36. The largest absolute Gasteiger partial charge is 0.316 e. The molecule has 3 heterocycles. The number of likely N-dealkylation sites (tertiary alicyclic amines) is 1. The van der Waals surface area contributed by atoms with Gasteiger partial charge in [0.25, 0.3) is 0 Å². The van der Waals surface area contributed by atoms with E-state index in [0.29, 0.717) is 11.3 Å². The van der Waals surface area contributed by atoms with Crippen LogP contribution in [0, 0.1) is 5.41 Å². The van der Waals surface area contributed by atoms with Gasteiger partial charge >= 0.3 is 0 Å². The zero-order chi connectivity index (χ0) is 12.6. The Morgan fingerprint density at radius 2 is 2.44 bits per heavy atom. The summed E-state index contributed by atoms with van der Waals surface area (Å²) in [5.41, 5.74) is 1.90. The van der Waals surface area contributed by atoms with Crippen molar-refractivity contribution in [3.05, 3.63) is 18.0 Å². The number of aromatic nitrogens is 2. The van der Waals surface area contributed by atoms with Crippen LogP contribution in [0.4, 0.5) is 0 Å². The monoisotopic (exact) mass is 248 g/mol. The Kier molecular flexibility index (Phi) is 3.16. The van der Waals surface area contributed by atoms with Gasteiger partial charge in [-0.15, -0.1) is 0 Å². The molecule has 2 aliphatic rings. The highest BCUT2D eigenvalue weighted by Crippen LogP contribution is 2.31. The molecule has 4 heteroatoms. The van der Waals surface area contributed by atoms with E-state index in [1.165, 1.54) is 51.1 Å². The van der Waals surface area contributed by atoms with Crippen molar-refractivity contribution < 1.29 is 0 Å². The van der Waals surface area contributed by atoms with E-state index in [1.54, 1.807) is 0 Å². The van der Waals surface area contributed by atoms with Crippen molar-refractivity contribution in [1.29, 1.82) is 0 Å². The highest BCUT2D eigenvalue weighted by molar-refractivity contribution is 5.14. The predicted molar refractivity (Wildman–Crippen MR) is 72.6 cm³/mol. The Morgan fingerprint density at radius 1 is 1.56 bits per heavy atom. The molecule has 3 rings (SSSR count). The molecule has 0 amide bonds. The van der Waals surface area contributed by atoms with E-state index < -0.39 is 0 Å². The second kappa shape index (κ2) is 4.67. The lowest BCUT2D eigenvalue weighted by atomic mass is 9.89. The van der Waals surface area contributed by atoms with E-state index >= 15 is 0 Å². The molecule has 0 saturated carbocycles. The van der Waals surface area contributed by atoms with E-state index in [4.69, 9.17) is 0 Å². The molecule has 1 aromatic heterocycles. The molecule has 0 spiro atoms. The standard InChI is InChI=1S/C14H24N4/c1-14(4-5-15-10-14)11-18-6-3-12(9-18)13-7-16-17(2)8-13/h7-8,12,15H,3-6,9-11H2,1-2H3. The van der Waals surface area contributed by atoms with Gasteiger partial charge in [-0.05, 0) is 36.9 Å². The Bertz CT molecular complexity index is 406. The summed E-state index contributed by atoms with van der Waals surface area (Å²) in [4.78, 5) is 2.64. The minimum Gasteiger partial charge on any atom is -0.316 e. The van der Waals surface area contributed by atoms with Gasteiger partial charge in [0.05, 0.1) is 6.20 Å². The van der Waals surface area contributed by atoms with Crippen LogP contribution in [0.2, 0.25) is 0 Å². The van der Waals surface area contributed by atoms with E-state index in [2.05, 4.69) is 28.4 Å². The van der Waals surface area contributed by atoms with Crippen LogP contribution in [0.15, 0.2) is 12.4 Å². The van der Waals surface area contributed by atoms with Crippen molar-refractivity contribution in [1.82, 2.24) is 20.0 Å². The molecule has 18 heavy (non-hydrogen) atoms. The maximum atomic E-state index is 4.29. The minimum atomic E-state index is 0.490. The van der Waals surface area contributed by atoms with Crippen LogP contribution in [-0.4, -0.2) is 47.4 Å². The Hall–Kier alpha value is -0.870. The number of hydrogen-bond donors (Lipinski definition) is 1. The molecule has 1 aromatic rings. The second-order valence-electron chi connectivity index (χ2n) is 6.41. The summed E-state index contributed by atoms with van der Waals surface area (Å²) < 4.78 is 1.92. The van der Waals surface area contributed by atoms with Crippen molar-refractivity contribution in [2.24, 2.45) is 12.5 Å². The molecule has 2 saturated heterocycles. The fourth-order valence-electron chi connectivity index (χ4n) is 3.44. The van der Waals surface area contributed by atoms with Gasteiger partial charge in [-0.2, -0.15) is 5.10 Å². The second-order valence-corrected chi connectivity index (χ2v) is 6.41. The Labute approximate surface area is 109 Å². The molecule has 4 nitrogen and oxygen atoms in total. The van der Waals surface area contributed by atoms with Gasteiger partial charge in [0.1, 0.15) is 0 Å². The minimum absolute atomic E-state index is 0.490. The Morgan fingerprint density at radius 3 is 3.11 bits per heavy atom. The van der Waals surface area contributed by atoms with Crippen molar-refractivity contribution in [3.63, 3.8) is 0 Å². The molecule has 1 N–H and O–H groups in total. The SMILES string of the molecule is Cn1cc(C2CCN(CC3(C)CCNC3)C2)cn1. The van der Waals surface area contributed by atoms with Gasteiger partial charge in [-0.3, -0.25) is 4.68 Å². The Balaban J connectivity index is 1.58. The summed E-state index contributed by atoms with van der Waals surface area (Å²) in [7, 11) is 2.00. The third kappa shape index (κ3) is 2.45. The first-order chi connectivity index (χ1) is 8.65. The first-order valence-electron chi connectivity index (χ1n) is 7.06. The van der Waals surface area contributed by atoms with E-state index in [-0.39, 0.29) is 0 Å². The number of nitrogens with zero attached hydrogens (tertiary/aromatic N) is 3. The van der Waals surface area contributed by atoms with Crippen molar-refractivity contribution >= 4 is 0 Å². The van der Waals surface area contributed by atoms with Gasteiger partial charge in [-0.25, -0.2) is 0 Å². The topological polar surface area (TPSA) is 33.1 Å². The summed E-state index contributed by atoms with van der Waals surface area (Å²) in [6.07, 6.45) is 6.82. The van der Waals surface area contributed by atoms with Gasteiger partial charge in [0.2, 0.25) is 0 Å². The molecular weight excluding hydrogens is 224 g/mol. The molecule has 2 atom stereocenters. The van der Waals surface area contributed by atoms with Crippen molar-refractivity contribution in [2.45, 2.75) is 25.7 Å². The zero-order valence-electron chi connectivity index (χ0n) is 11.5. The van der Waals surface area contributed by atoms with E-state index in [1.807, 2.05) is 17.9 Å². The average Bonchev–Trinajstić information content (AvgIpc) is 3.01. The molecule has 100 valence electrons. The van der Waals surface area contributed by atoms with Crippen molar-refractivity contribution in [3.8, 4) is 0 Å². The number of hydrogen-bond acceptors (Lipinski definition) is 3. The van der Waals surface area contributed by atoms with Crippen LogP contribution in [-0.2, 0) is 7.05 Å². The normalized spacial score (nSPS) is 33.3. The first-order valence-corrected chi connectivity index (χ1v) is 7.06. The van der Waals surface area contributed by atoms with Gasteiger partial charge in [0.15, 0.2) is 0 Å². The van der Waals surface area contributed by atoms with E-state index in [9.17, 15) is 0 Å². The maximum absolute atomic E-state index is 4.29. The summed E-state index contributed by atoms with van der Waals surface area (Å²) in [6, 6.07) is 0. The van der Waals surface area contributed by atoms with E-state index in [0.717, 1.165) is 0 Å². The van der Waals surface area contributed by atoms with Crippen LogP contribution in [0.1, 0.15) is 31.2 Å². The third-order valence-corrected chi connectivity index (χ3v) is 4.53. The molecule has 0 aliphatic carbocycles. The summed E-state index contributed by atoms with van der Waals surface area (Å²) >= 11 is 0. The van der Waals surface area contributed by atoms with Crippen LogP contribution in [0.5, 0.6) is 0 Å². The molecule has 0 aromatic carbocycles. The molecule has 2 fully saturated rings. The molecule has 2 unspecified atom stereocenters. The number of aryl methyl sites for hydroxylation is 1. The molecule has 0 bridgehead atoms. The predicted octanol–water partition coefficient (Wildman–Crippen LogP) is 1.21. The highest BCUT2D eigenvalue weighted by atomic mass is 15.2.